The number of rotatable bonds is 2. The first kappa shape index (κ1) is 9.11. The van der Waals surface area contributed by atoms with Gasteiger partial charge in [0.25, 0.3) is 6.17 Å². The van der Waals surface area contributed by atoms with E-state index in [1.807, 2.05) is 30.3 Å². The molecule has 5 nitrogen and oxygen atoms in total. The monoisotopic (exact) mass is 193 g/mol. The van der Waals surface area contributed by atoms with Crippen LogP contribution < -0.4 is 10.9 Å². The minimum absolute atomic E-state index is 0.0339. The third-order valence-corrected chi connectivity index (χ3v) is 2.34. The van der Waals surface area contributed by atoms with E-state index in [-0.39, 0.29) is 11.0 Å². The summed E-state index contributed by atoms with van der Waals surface area (Å²) in [5.41, 5.74) is 6.64. The molecule has 2 unspecified atom stereocenters. The average molecular weight is 193 g/mol. The molecule has 1 saturated heterocycles. The van der Waals surface area contributed by atoms with Gasteiger partial charge in [-0.05, 0) is 5.56 Å². The summed E-state index contributed by atoms with van der Waals surface area (Å²) in [6.07, 6.45) is -0.197. The first-order valence-corrected chi connectivity index (χ1v) is 4.47. The second kappa shape index (κ2) is 3.73. The molecule has 1 aliphatic heterocycles. The summed E-state index contributed by atoms with van der Waals surface area (Å²) >= 11 is 0. The molecule has 5 heteroatoms. The maximum absolute atomic E-state index is 10.5. The van der Waals surface area contributed by atoms with E-state index in [2.05, 4.69) is 10.9 Å². The Labute approximate surface area is 81.2 Å². The Bertz CT molecular complexity index is 328. The van der Waals surface area contributed by atoms with Crippen molar-refractivity contribution in [1.82, 2.24) is 10.9 Å². The number of benzene rings is 1. The number of nitrogens with zero attached hydrogens (tertiary/aromatic N) is 1. The van der Waals surface area contributed by atoms with Gasteiger partial charge < -0.3 is 0 Å². The predicted molar refractivity (Wildman–Crippen MR) is 50.9 cm³/mol. The minimum Gasteiger partial charge on any atom is -0.263 e. The molecular weight excluding hydrogens is 182 g/mol. The van der Waals surface area contributed by atoms with Crippen LogP contribution in [0.5, 0.6) is 0 Å². The van der Waals surface area contributed by atoms with Crippen LogP contribution in [0, 0.1) is 10.1 Å². The standard InChI is InChI=1S/C9H11N3O2/c13-12(14)9-6-8(10-11-9)7-4-2-1-3-5-7/h1-5,8-11H,6H2. The summed E-state index contributed by atoms with van der Waals surface area (Å²) in [5, 5.41) is 10.5. The van der Waals surface area contributed by atoms with Crippen molar-refractivity contribution in [1.29, 1.82) is 0 Å². The van der Waals surface area contributed by atoms with Crippen molar-refractivity contribution < 1.29 is 4.92 Å². The van der Waals surface area contributed by atoms with E-state index in [1.54, 1.807) is 0 Å². The van der Waals surface area contributed by atoms with Gasteiger partial charge in [-0.15, -0.1) is 0 Å². The molecule has 1 aliphatic rings. The summed E-state index contributed by atoms with van der Waals surface area (Å²) in [6, 6.07) is 9.74. The van der Waals surface area contributed by atoms with Crippen molar-refractivity contribution in [3.8, 4) is 0 Å². The lowest BCUT2D eigenvalue weighted by atomic mass is 10.1. The van der Waals surface area contributed by atoms with Gasteiger partial charge in [-0.25, -0.2) is 5.43 Å². The average Bonchev–Trinajstić information content (AvgIpc) is 2.68. The third-order valence-electron chi connectivity index (χ3n) is 2.34. The lowest BCUT2D eigenvalue weighted by Gasteiger charge is -2.07. The number of hydrogen-bond acceptors (Lipinski definition) is 4. The summed E-state index contributed by atoms with van der Waals surface area (Å²) in [7, 11) is 0. The summed E-state index contributed by atoms with van der Waals surface area (Å²) in [4.78, 5) is 10.2. The van der Waals surface area contributed by atoms with Gasteiger partial charge in [0.15, 0.2) is 0 Å². The van der Waals surface area contributed by atoms with E-state index in [9.17, 15) is 10.1 Å². The van der Waals surface area contributed by atoms with E-state index in [0.29, 0.717) is 6.42 Å². The first-order chi connectivity index (χ1) is 6.77. The second-order valence-electron chi connectivity index (χ2n) is 3.29. The quantitative estimate of drug-likeness (QED) is 0.539. The molecule has 0 saturated carbocycles. The van der Waals surface area contributed by atoms with Crippen LogP contribution in [0.2, 0.25) is 0 Å². The Hall–Kier alpha value is -1.46. The Morgan fingerprint density at radius 1 is 1.29 bits per heavy atom. The number of nitro groups is 1. The van der Waals surface area contributed by atoms with E-state index in [4.69, 9.17) is 0 Å². The molecule has 74 valence electrons. The highest BCUT2D eigenvalue weighted by Crippen LogP contribution is 2.21. The Morgan fingerprint density at radius 3 is 2.57 bits per heavy atom. The molecule has 0 bridgehead atoms. The molecule has 2 rings (SSSR count). The first-order valence-electron chi connectivity index (χ1n) is 4.47. The Kier molecular flexibility index (Phi) is 2.43. The van der Waals surface area contributed by atoms with Gasteiger partial charge in [-0.1, -0.05) is 30.3 Å². The molecule has 14 heavy (non-hydrogen) atoms. The zero-order valence-corrected chi connectivity index (χ0v) is 7.51. The molecule has 1 heterocycles. The van der Waals surface area contributed by atoms with Gasteiger partial charge in [0.2, 0.25) is 0 Å². The van der Waals surface area contributed by atoms with Crippen molar-refractivity contribution in [2.24, 2.45) is 0 Å². The summed E-state index contributed by atoms with van der Waals surface area (Å²) in [6.45, 7) is 0. The molecule has 1 fully saturated rings. The molecule has 2 atom stereocenters. The Morgan fingerprint density at radius 2 is 2.00 bits per heavy atom. The van der Waals surface area contributed by atoms with Crippen LogP contribution in [0.4, 0.5) is 0 Å². The highest BCUT2D eigenvalue weighted by atomic mass is 16.6. The van der Waals surface area contributed by atoms with Crippen molar-refractivity contribution in [2.75, 3.05) is 0 Å². The Balaban J connectivity index is 2.06. The molecule has 0 aliphatic carbocycles. The molecule has 1 aromatic carbocycles. The number of hydrogen-bond donors (Lipinski definition) is 2. The minimum atomic E-state index is -0.680. The second-order valence-corrected chi connectivity index (χ2v) is 3.29. The fourth-order valence-corrected chi connectivity index (χ4v) is 1.58. The third kappa shape index (κ3) is 1.73. The van der Waals surface area contributed by atoms with Gasteiger partial charge >= 0.3 is 0 Å². The smallest absolute Gasteiger partial charge is 0.263 e. The van der Waals surface area contributed by atoms with Crippen molar-refractivity contribution in [3.05, 3.63) is 46.0 Å². The van der Waals surface area contributed by atoms with Gasteiger partial charge in [-0.2, -0.15) is 5.43 Å². The maximum Gasteiger partial charge on any atom is 0.279 e. The summed E-state index contributed by atoms with van der Waals surface area (Å²) < 4.78 is 0. The molecule has 1 aromatic rings. The lowest BCUT2D eigenvalue weighted by Crippen LogP contribution is -2.35. The van der Waals surface area contributed by atoms with Crippen LogP contribution >= 0.6 is 0 Å². The van der Waals surface area contributed by atoms with Crippen LogP contribution in [-0.4, -0.2) is 11.1 Å². The van der Waals surface area contributed by atoms with E-state index >= 15 is 0 Å². The topological polar surface area (TPSA) is 67.2 Å². The van der Waals surface area contributed by atoms with Gasteiger partial charge in [0.05, 0.1) is 12.5 Å². The van der Waals surface area contributed by atoms with Crippen LogP contribution in [0.3, 0.4) is 0 Å². The molecule has 0 aromatic heterocycles. The van der Waals surface area contributed by atoms with Crippen LogP contribution in [0.1, 0.15) is 18.0 Å². The largest absolute Gasteiger partial charge is 0.279 e. The van der Waals surface area contributed by atoms with E-state index in [1.165, 1.54) is 0 Å². The van der Waals surface area contributed by atoms with Gasteiger partial charge in [0.1, 0.15) is 0 Å². The van der Waals surface area contributed by atoms with Crippen LogP contribution in [0.25, 0.3) is 0 Å². The van der Waals surface area contributed by atoms with Crippen molar-refractivity contribution in [2.45, 2.75) is 18.6 Å². The highest BCUT2D eigenvalue weighted by Gasteiger charge is 2.32. The predicted octanol–water partition coefficient (Wildman–Crippen LogP) is 0.828. The van der Waals surface area contributed by atoms with Gasteiger partial charge in [0, 0.05) is 4.92 Å². The van der Waals surface area contributed by atoms with E-state index in [0.717, 1.165) is 5.56 Å². The number of nitrogens with one attached hydrogen (secondary N) is 2. The number of hydrazine groups is 1. The zero-order chi connectivity index (χ0) is 9.97. The molecular formula is C9H11N3O2. The van der Waals surface area contributed by atoms with Crippen molar-refractivity contribution >= 4 is 0 Å². The normalized spacial score (nSPS) is 26.3. The van der Waals surface area contributed by atoms with Crippen LogP contribution in [0.15, 0.2) is 30.3 Å². The highest BCUT2D eigenvalue weighted by molar-refractivity contribution is 5.19. The zero-order valence-electron chi connectivity index (χ0n) is 7.51. The fraction of sp³-hybridized carbons (Fsp3) is 0.333. The van der Waals surface area contributed by atoms with E-state index < -0.39 is 6.17 Å². The molecule has 0 spiro atoms. The lowest BCUT2D eigenvalue weighted by molar-refractivity contribution is -0.527. The summed E-state index contributed by atoms with van der Waals surface area (Å²) in [5.74, 6) is 0. The fourth-order valence-electron chi connectivity index (χ4n) is 1.58. The van der Waals surface area contributed by atoms with Gasteiger partial charge in [-0.3, -0.25) is 10.1 Å². The van der Waals surface area contributed by atoms with Crippen LogP contribution in [-0.2, 0) is 0 Å². The maximum atomic E-state index is 10.5. The molecule has 2 N–H and O–H groups in total. The van der Waals surface area contributed by atoms with Crippen molar-refractivity contribution in [3.63, 3.8) is 0 Å². The molecule has 0 radical (unpaired) electrons. The SMILES string of the molecule is O=[N+]([O-])C1CC(c2ccccc2)NN1. The molecule has 0 amide bonds.